The number of piperazine rings is 1. The summed E-state index contributed by atoms with van der Waals surface area (Å²) in [5.74, 6) is -0.370. The highest BCUT2D eigenvalue weighted by Gasteiger charge is 2.44. The van der Waals surface area contributed by atoms with Crippen molar-refractivity contribution < 1.29 is 19.1 Å². The van der Waals surface area contributed by atoms with Crippen LogP contribution in [0.5, 0.6) is 0 Å². The Morgan fingerprint density at radius 2 is 1.75 bits per heavy atom. The van der Waals surface area contributed by atoms with Crippen molar-refractivity contribution in [3.8, 4) is 0 Å². The highest BCUT2D eigenvalue weighted by molar-refractivity contribution is 6.25. The molecule has 146 valence electrons. The third-order valence-corrected chi connectivity index (χ3v) is 5.41. The van der Waals surface area contributed by atoms with Crippen LogP contribution in [-0.2, 0) is 14.3 Å². The Bertz CT molecular complexity index is 916. The number of carbonyl (C=O) groups excluding carboxylic acids is 3. The fraction of sp³-hybridized carbons (Fsp3) is 0.381. The van der Waals surface area contributed by atoms with E-state index in [-0.39, 0.29) is 24.3 Å². The molecule has 2 aliphatic rings. The molecule has 2 aromatic rings. The summed E-state index contributed by atoms with van der Waals surface area (Å²) in [5.41, 5.74) is 0.640. The lowest BCUT2D eigenvalue weighted by molar-refractivity contribution is -0.123. The lowest BCUT2D eigenvalue weighted by Gasteiger charge is -2.36. The first-order valence-corrected chi connectivity index (χ1v) is 9.60. The van der Waals surface area contributed by atoms with Gasteiger partial charge < -0.3 is 9.64 Å². The molecule has 0 radical (unpaired) electrons. The zero-order valence-corrected chi connectivity index (χ0v) is 15.8. The van der Waals surface area contributed by atoms with Crippen LogP contribution in [-0.4, -0.2) is 66.5 Å². The summed E-state index contributed by atoms with van der Waals surface area (Å²) in [6, 6.07) is 12.9. The van der Waals surface area contributed by atoms with E-state index in [1.54, 1.807) is 11.8 Å². The topological polar surface area (TPSA) is 70.2 Å². The molecule has 0 aliphatic carbocycles. The standard InChI is InChI=1S/C21H23N3O4/c1-2-28-21(27)23-12-10-22(11-13-23)18-14-19(25)24(20(18)26)17-9-5-7-15-6-3-4-8-16(15)17/h3-9,18H,2,10-14H2,1H3. The summed E-state index contributed by atoms with van der Waals surface area (Å²) in [6.07, 6.45) is -0.157. The minimum Gasteiger partial charge on any atom is -0.450 e. The van der Waals surface area contributed by atoms with Gasteiger partial charge in [0.1, 0.15) is 0 Å². The monoisotopic (exact) mass is 381 g/mol. The second kappa shape index (κ2) is 7.59. The number of anilines is 1. The number of ether oxygens (including phenoxy) is 1. The molecule has 0 spiro atoms. The molecule has 2 aromatic carbocycles. The number of hydrogen-bond acceptors (Lipinski definition) is 5. The molecule has 2 fully saturated rings. The molecule has 0 N–H and O–H groups in total. The van der Waals surface area contributed by atoms with Gasteiger partial charge in [-0.25, -0.2) is 9.69 Å². The second-order valence-electron chi connectivity index (χ2n) is 7.01. The van der Waals surface area contributed by atoms with Crippen LogP contribution in [0.25, 0.3) is 10.8 Å². The lowest BCUT2D eigenvalue weighted by atomic mass is 10.1. The maximum absolute atomic E-state index is 13.1. The van der Waals surface area contributed by atoms with Crippen LogP contribution in [0.3, 0.4) is 0 Å². The summed E-state index contributed by atoms with van der Waals surface area (Å²) in [7, 11) is 0. The molecule has 1 atom stereocenters. The van der Waals surface area contributed by atoms with Crippen LogP contribution >= 0.6 is 0 Å². The van der Waals surface area contributed by atoms with Gasteiger partial charge in [0.15, 0.2) is 0 Å². The fourth-order valence-corrected chi connectivity index (χ4v) is 3.99. The van der Waals surface area contributed by atoms with Gasteiger partial charge in [-0.1, -0.05) is 36.4 Å². The molecule has 7 nitrogen and oxygen atoms in total. The highest BCUT2D eigenvalue weighted by atomic mass is 16.6. The zero-order chi connectivity index (χ0) is 19.7. The van der Waals surface area contributed by atoms with Crippen LogP contribution in [0.4, 0.5) is 10.5 Å². The molecule has 2 saturated heterocycles. The normalized spacial score (nSPS) is 20.8. The van der Waals surface area contributed by atoms with E-state index in [9.17, 15) is 14.4 Å². The highest BCUT2D eigenvalue weighted by Crippen LogP contribution is 2.32. The molecular weight excluding hydrogens is 358 g/mol. The van der Waals surface area contributed by atoms with Gasteiger partial charge in [-0.15, -0.1) is 0 Å². The van der Waals surface area contributed by atoms with Gasteiger partial charge in [0.2, 0.25) is 5.91 Å². The SMILES string of the molecule is CCOC(=O)N1CCN(C2CC(=O)N(c3cccc4ccccc34)C2=O)CC1. The van der Waals surface area contributed by atoms with Crippen molar-refractivity contribution in [2.24, 2.45) is 0 Å². The Morgan fingerprint density at radius 1 is 1.04 bits per heavy atom. The van der Waals surface area contributed by atoms with Gasteiger partial charge in [-0.05, 0) is 18.4 Å². The number of benzene rings is 2. The van der Waals surface area contributed by atoms with Crippen molar-refractivity contribution >= 4 is 34.4 Å². The van der Waals surface area contributed by atoms with E-state index in [2.05, 4.69) is 0 Å². The van der Waals surface area contributed by atoms with Gasteiger partial charge in [-0.2, -0.15) is 0 Å². The number of fused-ring (bicyclic) bond motifs is 1. The molecule has 0 aromatic heterocycles. The van der Waals surface area contributed by atoms with Gasteiger partial charge in [0.25, 0.3) is 5.91 Å². The molecule has 3 amide bonds. The van der Waals surface area contributed by atoms with Crippen LogP contribution < -0.4 is 4.90 Å². The zero-order valence-electron chi connectivity index (χ0n) is 15.8. The van der Waals surface area contributed by atoms with Gasteiger partial charge >= 0.3 is 6.09 Å². The van der Waals surface area contributed by atoms with Crippen molar-refractivity contribution in [2.45, 2.75) is 19.4 Å². The Balaban J connectivity index is 1.51. The van der Waals surface area contributed by atoms with E-state index in [1.807, 2.05) is 47.4 Å². The first-order valence-electron chi connectivity index (χ1n) is 9.60. The quantitative estimate of drug-likeness (QED) is 0.763. The van der Waals surface area contributed by atoms with Crippen molar-refractivity contribution in [3.63, 3.8) is 0 Å². The summed E-state index contributed by atoms with van der Waals surface area (Å²) >= 11 is 0. The molecule has 1 unspecified atom stereocenters. The molecule has 0 saturated carbocycles. The van der Waals surface area contributed by atoms with E-state index in [0.29, 0.717) is 38.5 Å². The smallest absolute Gasteiger partial charge is 0.409 e. The second-order valence-corrected chi connectivity index (χ2v) is 7.01. The Labute approximate surface area is 163 Å². The number of imide groups is 1. The maximum Gasteiger partial charge on any atom is 0.409 e. The Hall–Kier alpha value is -2.93. The van der Waals surface area contributed by atoms with E-state index in [4.69, 9.17) is 4.74 Å². The van der Waals surface area contributed by atoms with Crippen molar-refractivity contribution in [1.82, 2.24) is 9.80 Å². The summed E-state index contributed by atoms with van der Waals surface area (Å²) in [6.45, 7) is 4.20. The van der Waals surface area contributed by atoms with E-state index in [0.717, 1.165) is 10.8 Å². The van der Waals surface area contributed by atoms with E-state index in [1.165, 1.54) is 4.90 Å². The molecule has 0 bridgehead atoms. The van der Waals surface area contributed by atoms with Crippen LogP contribution in [0.2, 0.25) is 0 Å². The number of rotatable bonds is 3. The Kier molecular flexibility index (Phi) is 5.00. The number of nitrogens with zero attached hydrogens (tertiary/aromatic N) is 3. The summed E-state index contributed by atoms with van der Waals surface area (Å²) in [5, 5.41) is 1.88. The minimum atomic E-state index is -0.476. The number of amides is 3. The fourth-order valence-electron chi connectivity index (χ4n) is 3.99. The van der Waals surface area contributed by atoms with Gasteiger partial charge in [0, 0.05) is 31.6 Å². The molecular formula is C21H23N3O4. The van der Waals surface area contributed by atoms with Crippen molar-refractivity contribution in [2.75, 3.05) is 37.7 Å². The number of hydrogen-bond donors (Lipinski definition) is 0. The Morgan fingerprint density at radius 3 is 2.50 bits per heavy atom. The van der Waals surface area contributed by atoms with Gasteiger partial charge in [-0.3, -0.25) is 14.5 Å². The largest absolute Gasteiger partial charge is 0.450 e. The first-order chi connectivity index (χ1) is 13.6. The molecule has 4 rings (SSSR count). The van der Waals surface area contributed by atoms with Crippen molar-refractivity contribution in [1.29, 1.82) is 0 Å². The number of carbonyl (C=O) groups is 3. The summed E-state index contributed by atoms with van der Waals surface area (Å²) in [4.78, 5) is 42.7. The van der Waals surface area contributed by atoms with Crippen LogP contribution in [0.1, 0.15) is 13.3 Å². The van der Waals surface area contributed by atoms with Gasteiger partial charge in [0.05, 0.1) is 24.8 Å². The minimum absolute atomic E-state index is 0.168. The summed E-state index contributed by atoms with van der Waals surface area (Å²) < 4.78 is 5.04. The molecule has 7 heteroatoms. The van der Waals surface area contributed by atoms with E-state index >= 15 is 0 Å². The third kappa shape index (κ3) is 3.22. The predicted molar refractivity (Wildman–Crippen MR) is 105 cm³/mol. The average molecular weight is 381 g/mol. The van der Waals surface area contributed by atoms with Crippen molar-refractivity contribution in [3.05, 3.63) is 42.5 Å². The predicted octanol–water partition coefficient (Wildman–Crippen LogP) is 2.25. The average Bonchev–Trinajstić information content (AvgIpc) is 3.02. The first kappa shape index (κ1) is 18.4. The molecule has 2 aliphatic heterocycles. The third-order valence-electron chi connectivity index (χ3n) is 5.41. The molecule has 2 heterocycles. The van der Waals surface area contributed by atoms with E-state index < -0.39 is 6.04 Å². The van der Waals surface area contributed by atoms with Crippen LogP contribution in [0.15, 0.2) is 42.5 Å². The maximum atomic E-state index is 13.1. The molecule has 28 heavy (non-hydrogen) atoms. The van der Waals surface area contributed by atoms with Crippen LogP contribution in [0, 0.1) is 0 Å². The lowest BCUT2D eigenvalue weighted by Crippen LogP contribution is -2.54.